The van der Waals surface area contributed by atoms with Crippen LogP contribution in [-0.2, 0) is 16.4 Å². The molecule has 2 heterocycles. The number of aromatic nitrogens is 2. The second-order valence-corrected chi connectivity index (χ2v) is 8.88. The number of benzene rings is 1. The zero-order valence-corrected chi connectivity index (χ0v) is 17.1. The number of rotatable bonds is 9. The van der Waals surface area contributed by atoms with E-state index in [9.17, 15) is 8.42 Å². The summed E-state index contributed by atoms with van der Waals surface area (Å²) >= 11 is 0. The smallest absolute Gasteiger partial charge is 0.218 e. The van der Waals surface area contributed by atoms with Crippen LogP contribution in [0.3, 0.4) is 0 Å². The molecule has 1 saturated heterocycles. The summed E-state index contributed by atoms with van der Waals surface area (Å²) in [6.07, 6.45) is 4.09. The maximum absolute atomic E-state index is 12.1. The van der Waals surface area contributed by atoms with E-state index in [-0.39, 0.29) is 18.9 Å². The van der Waals surface area contributed by atoms with E-state index in [1.807, 2.05) is 43.3 Å². The molecule has 0 saturated carbocycles. The molecule has 1 aliphatic rings. The van der Waals surface area contributed by atoms with Gasteiger partial charge in [-0.05, 0) is 38.2 Å². The molecule has 0 aliphatic carbocycles. The van der Waals surface area contributed by atoms with E-state index in [4.69, 9.17) is 4.74 Å². The highest BCUT2D eigenvalue weighted by Crippen LogP contribution is 2.21. The molecular weight excluding hydrogens is 376 g/mol. The maximum Gasteiger partial charge on any atom is 0.218 e. The topological polar surface area (TPSA) is 84.4 Å². The summed E-state index contributed by atoms with van der Waals surface area (Å²) in [4.78, 5) is 11.1. The number of hydrogen-bond donors (Lipinski definition) is 1. The van der Waals surface area contributed by atoms with Crippen LogP contribution in [0.2, 0.25) is 0 Å². The fourth-order valence-electron chi connectivity index (χ4n) is 3.21. The van der Waals surface area contributed by atoms with Gasteiger partial charge in [-0.25, -0.2) is 18.1 Å². The van der Waals surface area contributed by atoms with E-state index in [1.165, 1.54) is 19.3 Å². The minimum absolute atomic E-state index is 0.0583. The van der Waals surface area contributed by atoms with Crippen LogP contribution in [-0.4, -0.2) is 50.4 Å². The van der Waals surface area contributed by atoms with Gasteiger partial charge in [0.05, 0.1) is 5.75 Å². The van der Waals surface area contributed by atoms with Crippen molar-refractivity contribution in [3.05, 3.63) is 47.8 Å². The molecule has 2 aromatic rings. The molecule has 8 heteroatoms. The molecule has 3 rings (SSSR count). The monoisotopic (exact) mass is 404 g/mol. The van der Waals surface area contributed by atoms with Crippen molar-refractivity contribution < 1.29 is 13.2 Å². The molecule has 1 aromatic heterocycles. The van der Waals surface area contributed by atoms with E-state index in [0.29, 0.717) is 18.1 Å². The number of hydrogen-bond acceptors (Lipinski definition) is 6. The molecule has 0 unspecified atom stereocenters. The Hall–Kier alpha value is -2.19. The minimum atomic E-state index is -3.34. The van der Waals surface area contributed by atoms with E-state index in [2.05, 4.69) is 19.6 Å². The summed E-state index contributed by atoms with van der Waals surface area (Å²) in [7, 11) is -3.34. The first-order chi connectivity index (χ1) is 13.5. The van der Waals surface area contributed by atoms with Gasteiger partial charge in [0.2, 0.25) is 15.9 Å². The first-order valence-corrected chi connectivity index (χ1v) is 11.4. The zero-order valence-electron chi connectivity index (χ0n) is 16.3. The number of anilines is 1. The summed E-state index contributed by atoms with van der Waals surface area (Å²) in [6.45, 7) is 4.26. The predicted molar refractivity (Wildman–Crippen MR) is 110 cm³/mol. The lowest BCUT2D eigenvalue weighted by atomic mass is 10.1. The number of sulfonamides is 1. The van der Waals surface area contributed by atoms with Crippen molar-refractivity contribution in [1.29, 1.82) is 0 Å². The summed E-state index contributed by atoms with van der Waals surface area (Å²) in [5.74, 6) is 2.08. The third kappa shape index (κ3) is 6.45. The molecule has 0 radical (unpaired) electrons. The highest BCUT2D eigenvalue weighted by Gasteiger charge is 2.15. The molecule has 1 aromatic carbocycles. The van der Waals surface area contributed by atoms with E-state index >= 15 is 0 Å². The Balaban J connectivity index is 1.46. The number of aryl methyl sites for hydroxylation is 2. The minimum Gasteiger partial charge on any atom is -0.476 e. The Labute approximate surface area is 167 Å². The van der Waals surface area contributed by atoms with Gasteiger partial charge in [0.1, 0.15) is 18.2 Å². The number of nitrogens with one attached hydrogen (secondary N) is 1. The Morgan fingerprint density at radius 1 is 1.11 bits per heavy atom. The van der Waals surface area contributed by atoms with Crippen LogP contribution in [0.5, 0.6) is 5.88 Å². The first-order valence-electron chi connectivity index (χ1n) is 9.76. The summed E-state index contributed by atoms with van der Waals surface area (Å²) < 4.78 is 32.5. The summed E-state index contributed by atoms with van der Waals surface area (Å²) in [5.41, 5.74) is 1.01. The van der Waals surface area contributed by atoms with Crippen LogP contribution < -0.4 is 14.4 Å². The molecule has 7 nitrogen and oxygen atoms in total. The van der Waals surface area contributed by atoms with Gasteiger partial charge < -0.3 is 9.64 Å². The molecule has 1 fully saturated rings. The highest BCUT2D eigenvalue weighted by molar-refractivity contribution is 7.89. The summed E-state index contributed by atoms with van der Waals surface area (Å²) in [5, 5.41) is 0. The predicted octanol–water partition coefficient (Wildman–Crippen LogP) is 2.32. The van der Waals surface area contributed by atoms with Gasteiger partial charge in [-0.1, -0.05) is 30.3 Å². The van der Waals surface area contributed by atoms with Gasteiger partial charge in [0, 0.05) is 25.7 Å². The van der Waals surface area contributed by atoms with Crippen LogP contribution in [0.15, 0.2) is 36.4 Å². The average Bonchev–Trinajstić information content (AvgIpc) is 2.71. The Kier molecular flexibility index (Phi) is 7.22. The van der Waals surface area contributed by atoms with E-state index < -0.39 is 10.0 Å². The van der Waals surface area contributed by atoms with Crippen molar-refractivity contribution in [1.82, 2.24) is 14.7 Å². The quantitative estimate of drug-likeness (QED) is 0.646. The Bertz CT molecular complexity index is 853. The van der Waals surface area contributed by atoms with Crippen molar-refractivity contribution in [3.8, 4) is 5.88 Å². The number of piperidine rings is 1. The van der Waals surface area contributed by atoms with Crippen LogP contribution in [0.25, 0.3) is 0 Å². The lowest BCUT2D eigenvalue weighted by molar-refractivity contribution is 0.309. The Morgan fingerprint density at radius 3 is 2.61 bits per heavy atom. The van der Waals surface area contributed by atoms with Crippen molar-refractivity contribution in [2.45, 2.75) is 32.6 Å². The van der Waals surface area contributed by atoms with Crippen LogP contribution >= 0.6 is 0 Å². The summed E-state index contributed by atoms with van der Waals surface area (Å²) in [6, 6.07) is 11.4. The standard InChI is InChI=1S/C20H28N4O3S/c1-17-22-19(24-12-6-3-7-13-24)16-20(23-17)27-14-11-21-28(25,26)15-10-18-8-4-2-5-9-18/h2,4-5,8-9,16,21H,3,6-7,10-15H2,1H3. The number of nitrogens with zero attached hydrogens (tertiary/aromatic N) is 3. The van der Waals surface area contributed by atoms with Gasteiger partial charge >= 0.3 is 0 Å². The molecule has 152 valence electrons. The molecular formula is C20H28N4O3S. The largest absolute Gasteiger partial charge is 0.476 e. The molecule has 0 atom stereocenters. The maximum atomic E-state index is 12.1. The lowest BCUT2D eigenvalue weighted by Gasteiger charge is -2.28. The Morgan fingerprint density at radius 2 is 1.86 bits per heavy atom. The van der Waals surface area contributed by atoms with Crippen LogP contribution in [0.1, 0.15) is 30.7 Å². The average molecular weight is 405 g/mol. The van der Waals surface area contributed by atoms with Crippen LogP contribution in [0, 0.1) is 6.92 Å². The van der Waals surface area contributed by atoms with Crippen molar-refractivity contribution >= 4 is 15.8 Å². The zero-order chi connectivity index (χ0) is 19.8. The normalized spacial score (nSPS) is 14.8. The van der Waals surface area contributed by atoms with Gasteiger partial charge in [-0.2, -0.15) is 4.98 Å². The number of ether oxygens (including phenoxy) is 1. The van der Waals surface area contributed by atoms with Gasteiger partial charge in [-0.15, -0.1) is 0 Å². The first kappa shape index (κ1) is 20.5. The highest BCUT2D eigenvalue weighted by atomic mass is 32.2. The molecule has 1 N–H and O–H groups in total. The van der Waals surface area contributed by atoms with E-state index in [1.54, 1.807) is 0 Å². The fourth-order valence-corrected chi connectivity index (χ4v) is 4.25. The van der Waals surface area contributed by atoms with Gasteiger partial charge in [0.15, 0.2) is 0 Å². The molecule has 0 bridgehead atoms. The third-order valence-electron chi connectivity index (χ3n) is 4.66. The van der Waals surface area contributed by atoms with Crippen LogP contribution in [0.4, 0.5) is 5.82 Å². The molecule has 28 heavy (non-hydrogen) atoms. The van der Waals surface area contributed by atoms with Gasteiger partial charge in [-0.3, -0.25) is 0 Å². The fraction of sp³-hybridized carbons (Fsp3) is 0.500. The van der Waals surface area contributed by atoms with Crippen molar-refractivity contribution in [2.24, 2.45) is 0 Å². The SMILES string of the molecule is Cc1nc(OCCNS(=O)(=O)CCc2ccccc2)cc(N2CCCCC2)n1. The second kappa shape index (κ2) is 9.84. The van der Waals surface area contributed by atoms with Gasteiger partial charge in [0.25, 0.3) is 0 Å². The van der Waals surface area contributed by atoms with Crippen molar-refractivity contribution in [3.63, 3.8) is 0 Å². The molecule has 1 aliphatic heterocycles. The van der Waals surface area contributed by atoms with E-state index in [0.717, 1.165) is 24.5 Å². The third-order valence-corrected chi connectivity index (χ3v) is 6.04. The lowest BCUT2D eigenvalue weighted by Crippen LogP contribution is -2.31. The molecule has 0 amide bonds. The van der Waals surface area contributed by atoms with Crippen molar-refractivity contribution in [2.75, 3.05) is 36.9 Å². The second-order valence-electron chi connectivity index (χ2n) is 6.96. The molecule has 0 spiro atoms.